The van der Waals surface area contributed by atoms with E-state index in [0.29, 0.717) is 9.54 Å². The minimum atomic E-state index is -2.86. The van der Waals surface area contributed by atoms with Crippen molar-refractivity contribution in [2.75, 3.05) is 0 Å². The normalized spacial score (nSPS) is 16.6. The van der Waals surface area contributed by atoms with Crippen molar-refractivity contribution < 1.29 is 21.3 Å². The summed E-state index contributed by atoms with van der Waals surface area (Å²) < 4.78 is 3.72. The summed E-state index contributed by atoms with van der Waals surface area (Å²) in [6.45, 7) is 23.7. The van der Waals surface area contributed by atoms with Crippen molar-refractivity contribution in [3.8, 4) is 11.1 Å². The number of hydrogen-bond donors (Lipinski definition) is 0. The van der Waals surface area contributed by atoms with Gasteiger partial charge in [-0.3, -0.25) is 0 Å². The van der Waals surface area contributed by atoms with Gasteiger partial charge in [-0.05, 0) is 0 Å². The Labute approximate surface area is 280 Å². The standard InChI is InChI=1S/C21H25.C13H10.C10H15.Zr/c1-20(2,3)16-7-9-18-14(12-16)11-15-13-17(21(4,5)6)8-10-19(15)18;1-3-7-12(8-4-1)11-13-9-5-2-6-10-13;1-8-5-6-9(7-8)10(2,3)4;/h7-13H,1-6H3;1-10H;6-8H,1-4H3;. The molecular formula is C44H50Zr. The first-order valence-corrected chi connectivity index (χ1v) is 20.6. The summed E-state index contributed by atoms with van der Waals surface area (Å²) in [4.78, 5) is 0. The van der Waals surface area contributed by atoms with Gasteiger partial charge in [0.05, 0.1) is 0 Å². The molecule has 2 aliphatic rings. The van der Waals surface area contributed by atoms with E-state index in [0.717, 1.165) is 0 Å². The molecule has 0 saturated heterocycles. The maximum atomic E-state index is 2.66. The van der Waals surface area contributed by atoms with E-state index in [1.807, 2.05) is 0 Å². The Morgan fingerprint density at radius 2 is 1.00 bits per heavy atom. The molecule has 2 aliphatic carbocycles. The van der Waals surface area contributed by atoms with Crippen LogP contribution in [0.15, 0.2) is 118 Å². The predicted molar refractivity (Wildman–Crippen MR) is 192 cm³/mol. The molecule has 45 heavy (non-hydrogen) atoms. The second-order valence-electron chi connectivity index (χ2n) is 16.3. The Balaban J connectivity index is 1.77. The molecule has 1 unspecified atom stereocenters. The average molecular weight is 670 g/mol. The fourth-order valence-corrected chi connectivity index (χ4v) is 16.6. The van der Waals surface area contributed by atoms with Crippen LogP contribution in [0.3, 0.4) is 0 Å². The van der Waals surface area contributed by atoms with Crippen molar-refractivity contribution in [2.24, 2.45) is 11.3 Å². The molecule has 230 valence electrons. The van der Waals surface area contributed by atoms with E-state index in [4.69, 9.17) is 0 Å². The number of rotatable bonds is 4. The molecule has 6 rings (SSSR count). The summed E-state index contributed by atoms with van der Waals surface area (Å²) in [6.07, 6.45) is 5.24. The second kappa shape index (κ2) is 11.7. The van der Waals surface area contributed by atoms with Crippen molar-refractivity contribution in [3.05, 3.63) is 151 Å². The number of fused-ring (bicyclic) bond motifs is 3. The van der Waals surface area contributed by atoms with E-state index >= 15 is 0 Å². The van der Waals surface area contributed by atoms with Gasteiger partial charge in [0, 0.05) is 0 Å². The van der Waals surface area contributed by atoms with Gasteiger partial charge >= 0.3 is 282 Å². The molecule has 0 aromatic heterocycles. The third kappa shape index (κ3) is 6.15. The molecule has 4 aromatic rings. The van der Waals surface area contributed by atoms with E-state index in [1.165, 1.54) is 39.0 Å². The summed E-state index contributed by atoms with van der Waals surface area (Å²) in [5.74, 6) is 0.431. The van der Waals surface area contributed by atoms with Crippen molar-refractivity contribution in [2.45, 2.75) is 83.7 Å². The van der Waals surface area contributed by atoms with Crippen LogP contribution >= 0.6 is 0 Å². The molecule has 0 heterocycles. The van der Waals surface area contributed by atoms with Gasteiger partial charge < -0.3 is 0 Å². The fraction of sp³-hybridized carbons (Fsp3) is 0.341. The van der Waals surface area contributed by atoms with E-state index in [1.54, 1.807) is 17.6 Å². The van der Waals surface area contributed by atoms with Gasteiger partial charge in [-0.1, -0.05) is 0 Å². The van der Waals surface area contributed by atoms with Crippen LogP contribution in [0.4, 0.5) is 0 Å². The Morgan fingerprint density at radius 1 is 0.556 bits per heavy atom. The van der Waals surface area contributed by atoms with Crippen LogP contribution < -0.4 is 0 Å². The van der Waals surface area contributed by atoms with E-state index in [2.05, 4.69) is 178 Å². The van der Waals surface area contributed by atoms with Crippen molar-refractivity contribution in [3.63, 3.8) is 0 Å². The first kappa shape index (κ1) is 32.1. The van der Waals surface area contributed by atoms with Gasteiger partial charge in [0.1, 0.15) is 0 Å². The molecular weight excluding hydrogens is 620 g/mol. The topological polar surface area (TPSA) is 0 Å². The molecule has 1 heteroatoms. The quantitative estimate of drug-likeness (QED) is 0.203. The summed E-state index contributed by atoms with van der Waals surface area (Å²) in [5.41, 5.74) is 13.4. The average Bonchev–Trinajstić information content (AvgIpc) is 3.53. The zero-order valence-electron chi connectivity index (χ0n) is 29.0. The molecule has 0 nitrogen and oxygen atoms in total. The van der Waals surface area contributed by atoms with Crippen molar-refractivity contribution in [1.29, 1.82) is 0 Å². The van der Waals surface area contributed by atoms with Crippen LogP contribution in [0, 0.1) is 11.3 Å². The van der Waals surface area contributed by atoms with Gasteiger partial charge in [0.2, 0.25) is 0 Å². The van der Waals surface area contributed by atoms with E-state index in [9.17, 15) is 0 Å². The van der Waals surface area contributed by atoms with Crippen LogP contribution in [0.2, 0.25) is 0 Å². The first-order chi connectivity index (χ1) is 21.1. The monoisotopic (exact) mass is 668 g/mol. The Bertz CT molecular complexity index is 1720. The Morgan fingerprint density at radius 3 is 1.38 bits per heavy atom. The molecule has 0 fully saturated rings. The van der Waals surface area contributed by atoms with Gasteiger partial charge in [-0.25, -0.2) is 0 Å². The molecule has 0 radical (unpaired) electrons. The maximum absolute atomic E-state index is 2.86. The number of benzene rings is 4. The molecule has 0 amide bonds. The molecule has 0 spiro atoms. The zero-order valence-corrected chi connectivity index (χ0v) is 31.5. The zero-order chi connectivity index (χ0) is 32.3. The SMILES string of the molecule is CC1C=C(C(C)(C)C)C=[C]1[Zr](=[C](c1ccccc1)c1ccccc1)[CH]1c2cc(C(C)(C)C)ccc2-c2ccc(C(C)(C)C)cc21. The first-order valence-electron chi connectivity index (χ1n) is 16.7. The van der Waals surface area contributed by atoms with Gasteiger partial charge in [0.15, 0.2) is 0 Å². The molecule has 1 atom stereocenters. The van der Waals surface area contributed by atoms with Gasteiger partial charge in [-0.15, -0.1) is 0 Å². The summed E-state index contributed by atoms with van der Waals surface area (Å²) in [5, 5.41) is 0. The fourth-order valence-electron chi connectivity index (χ4n) is 7.14. The van der Waals surface area contributed by atoms with Crippen LogP contribution in [-0.2, 0) is 32.1 Å². The Kier molecular flexibility index (Phi) is 8.36. The van der Waals surface area contributed by atoms with E-state index < -0.39 is 21.3 Å². The third-order valence-electron chi connectivity index (χ3n) is 9.84. The second-order valence-corrected chi connectivity index (χ2v) is 22.4. The molecule has 4 aromatic carbocycles. The molecule has 0 bridgehead atoms. The summed E-state index contributed by atoms with van der Waals surface area (Å²) in [6, 6.07) is 37.6. The van der Waals surface area contributed by atoms with Crippen LogP contribution in [0.1, 0.15) is 106 Å². The summed E-state index contributed by atoms with van der Waals surface area (Å²) in [7, 11) is 0. The van der Waals surface area contributed by atoms with Gasteiger partial charge in [-0.2, -0.15) is 0 Å². The third-order valence-corrected chi connectivity index (χ3v) is 18.5. The van der Waals surface area contributed by atoms with Gasteiger partial charge in [0.25, 0.3) is 0 Å². The predicted octanol–water partition coefficient (Wildman–Crippen LogP) is 11.7. The molecule has 0 N–H and O–H groups in total. The Hall–Kier alpha value is -2.89. The van der Waals surface area contributed by atoms with Crippen LogP contribution in [0.25, 0.3) is 11.1 Å². The molecule has 0 saturated carbocycles. The van der Waals surface area contributed by atoms with Crippen LogP contribution in [-0.4, -0.2) is 3.21 Å². The number of allylic oxidation sites excluding steroid dienone is 4. The van der Waals surface area contributed by atoms with Crippen molar-refractivity contribution in [1.82, 2.24) is 0 Å². The van der Waals surface area contributed by atoms with Crippen molar-refractivity contribution >= 4 is 3.21 Å². The summed E-state index contributed by atoms with van der Waals surface area (Å²) >= 11 is -2.86. The number of hydrogen-bond acceptors (Lipinski definition) is 0. The van der Waals surface area contributed by atoms with Crippen LogP contribution in [0.5, 0.6) is 0 Å². The minimum absolute atomic E-state index is 0.0841. The van der Waals surface area contributed by atoms with E-state index in [-0.39, 0.29) is 16.2 Å². The molecule has 0 aliphatic heterocycles.